The molecule has 0 aliphatic carbocycles. The van der Waals surface area contributed by atoms with Crippen LogP contribution >= 0.6 is 0 Å². The number of para-hydroxylation sites is 1. The van der Waals surface area contributed by atoms with Gasteiger partial charge in [-0.15, -0.1) is 0 Å². The SMILES string of the molecule is N#CC1(c2ncc(-c3coc4ccccc34)[nH]2)COC1. The van der Waals surface area contributed by atoms with Gasteiger partial charge in [0.25, 0.3) is 0 Å². The third-order valence-corrected chi connectivity index (χ3v) is 3.71. The van der Waals surface area contributed by atoms with Gasteiger partial charge in [0.1, 0.15) is 17.7 Å². The number of aromatic amines is 1. The Labute approximate surface area is 114 Å². The van der Waals surface area contributed by atoms with Crippen molar-refractivity contribution in [2.75, 3.05) is 13.2 Å². The molecule has 0 amide bonds. The number of nitrogens with one attached hydrogen (secondary N) is 1. The maximum atomic E-state index is 9.29. The van der Waals surface area contributed by atoms with Crippen molar-refractivity contribution >= 4 is 11.0 Å². The summed E-state index contributed by atoms with van der Waals surface area (Å²) in [6.07, 6.45) is 3.45. The van der Waals surface area contributed by atoms with E-state index < -0.39 is 5.41 Å². The fraction of sp³-hybridized carbons (Fsp3) is 0.200. The second-order valence-corrected chi connectivity index (χ2v) is 4.98. The molecule has 1 aromatic carbocycles. The normalized spacial score (nSPS) is 16.8. The van der Waals surface area contributed by atoms with Gasteiger partial charge in [-0.1, -0.05) is 18.2 Å². The molecule has 5 nitrogen and oxygen atoms in total. The van der Waals surface area contributed by atoms with E-state index in [1.807, 2.05) is 24.3 Å². The number of furan rings is 1. The third-order valence-electron chi connectivity index (χ3n) is 3.71. The zero-order valence-electron chi connectivity index (χ0n) is 10.6. The average molecular weight is 265 g/mol. The van der Waals surface area contributed by atoms with E-state index >= 15 is 0 Å². The molecule has 1 N–H and O–H groups in total. The van der Waals surface area contributed by atoms with Gasteiger partial charge >= 0.3 is 0 Å². The van der Waals surface area contributed by atoms with Crippen LogP contribution in [-0.2, 0) is 10.2 Å². The van der Waals surface area contributed by atoms with E-state index in [1.54, 1.807) is 12.5 Å². The van der Waals surface area contributed by atoms with Gasteiger partial charge in [-0.3, -0.25) is 0 Å². The predicted octanol–water partition coefficient (Wildman–Crippen LogP) is 2.61. The molecule has 5 heteroatoms. The van der Waals surface area contributed by atoms with Crippen molar-refractivity contribution in [2.45, 2.75) is 5.41 Å². The highest BCUT2D eigenvalue weighted by Gasteiger charge is 2.43. The lowest BCUT2D eigenvalue weighted by Crippen LogP contribution is -2.46. The van der Waals surface area contributed by atoms with Crippen molar-refractivity contribution < 1.29 is 9.15 Å². The first-order chi connectivity index (χ1) is 9.82. The summed E-state index contributed by atoms with van der Waals surface area (Å²) in [5.41, 5.74) is 2.01. The molecular weight excluding hydrogens is 254 g/mol. The number of nitriles is 1. The molecule has 4 rings (SSSR count). The summed E-state index contributed by atoms with van der Waals surface area (Å²) in [5.74, 6) is 0.659. The maximum absolute atomic E-state index is 9.29. The summed E-state index contributed by atoms with van der Waals surface area (Å²) in [7, 11) is 0. The smallest absolute Gasteiger partial charge is 0.161 e. The minimum Gasteiger partial charge on any atom is -0.464 e. The molecule has 20 heavy (non-hydrogen) atoms. The monoisotopic (exact) mass is 265 g/mol. The van der Waals surface area contributed by atoms with Crippen LogP contribution in [0.5, 0.6) is 0 Å². The van der Waals surface area contributed by atoms with Crippen LogP contribution in [0.25, 0.3) is 22.2 Å². The van der Waals surface area contributed by atoms with E-state index in [9.17, 15) is 5.26 Å². The van der Waals surface area contributed by atoms with Crippen molar-refractivity contribution in [3.63, 3.8) is 0 Å². The number of hydrogen-bond acceptors (Lipinski definition) is 4. The number of rotatable bonds is 2. The molecule has 0 radical (unpaired) electrons. The van der Waals surface area contributed by atoms with Gasteiger partial charge in [0.15, 0.2) is 5.41 Å². The Morgan fingerprint density at radius 2 is 2.15 bits per heavy atom. The second kappa shape index (κ2) is 3.95. The number of nitrogens with zero attached hydrogens (tertiary/aromatic N) is 2. The van der Waals surface area contributed by atoms with Crippen LogP contribution in [0.1, 0.15) is 5.82 Å². The molecule has 3 heterocycles. The highest BCUT2D eigenvalue weighted by atomic mass is 16.5. The summed E-state index contributed by atoms with van der Waals surface area (Å²) in [6, 6.07) is 10.1. The molecule has 98 valence electrons. The molecule has 1 aliphatic heterocycles. The minimum absolute atomic E-state index is 0.391. The van der Waals surface area contributed by atoms with Gasteiger partial charge in [0.2, 0.25) is 0 Å². The first-order valence-corrected chi connectivity index (χ1v) is 6.33. The van der Waals surface area contributed by atoms with E-state index in [1.165, 1.54) is 0 Å². The molecule has 0 bridgehead atoms. The van der Waals surface area contributed by atoms with Crippen molar-refractivity contribution in [3.8, 4) is 17.3 Å². The first-order valence-electron chi connectivity index (χ1n) is 6.33. The Hall–Kier alpha value is -2.58. The lowest BCUT2D eigenvalue weighted by atomic mass is 9.87. The lowest BCUT2D eigenvalue weighted by Gasteiger charge is -2.32. The molecule has 0 atom stereocenters. The van der Waals surface area contributed by atoms with Crippen LogP contribution < -0.4 is 0 Å². The van der Waals surface area contributed by atoms with Crippen LogP contribution in [0.2, 0.25) is 0 Å². The number of benzene rings is 1. The maximum Gasteiger partial charge on any atom is 0.161 e. The summed E-state index contributed by atoms with van der Waals surface area (Å²) in [5, 5.41) is 10.3. The number of aromatic nitrogens is 2. The number of fused-ring (bicyclic) bond motifs is 1. The van der Waals surface area contributed by atoms with Crippen molar-refractivity contribution in [1.29, 1.82) is 5.26 Å². The fourth-order valence-electron chi connectivity index (χ4n) is 2.45. The van der Waals surface area contributed by atoms with E-state index in [0.29, 0.717) is 19.0 Å². The van der Waals surface area contributed by atoms with Crippen LogP contribution in [-0.4, -0.2) is 23.2 Å². The molecule has 0 spiro atoms. The number of ether oxygens (including phenoxy) is 1. The summed E-state index contributed by atoms with van der Waals surface area (Å²) >= 11 is 0. The Balaban J connectivity index is 1.81. The quantitative estimate of drug-likeness (QED) is 0.772. The molecule has 2 aromatic heterocycles. The molecule has 1 fully saturated rings. The topological polar surface area (TPSA) is 74.8 Å². The van der Waals surface area contributed by atoms with Crippen LogP contribution in [0.15, 0.2) is 41.1 Å². The number of hydrogen-bond donors (Lipinski definition) is 1. The minimum atomic E-state index is -0.627. The summed E-state index contributed by atoms with van der Waals surface area (Å²) in [4.78, 5) is 7.57. The Morgan fingerprint density at radius 1 is 1.30 bits per heavy atom. The lowest BCUT2D eigenvalue weighted by molar-refractivity contribution is -0.0335. The van der Waals surface area contributed by atoms with Gasteiger partial charge < -0.3 is 14.1 Å². The van der Waals surface area contributed by atoms with Gasteiger partial charge in [-0.05, 0) is 6.07 Å². The average Bonchev–Trinajstić information content (AvgIpc) is 3.04. The number of H-pyrrole nitrogens is 1. The molecule has 3 aromatic rings. The Morgan fingerprint density at radius 3 is 2.90 bits per heavy atom. The van der Waals surface area contributed by atoms with Gasteiger partial charge in [0.05, 0.1) is 31.2 Å². The highest BCUT2D eigenvalue weighted by molar-refractivity contribution is 5.92. The first kappa shape index (κ1) is 11.3. The van der Waals surface area contributed by atoms with E-state index in [2.05, 4.69) is 16.0 Å². The zero-order valence-corrected chi connectivity index (χ0v) is 10.6. The Kier molecular flexibility index (Phi) is 2.23. The van der Waals surface area contributed by atoms with Crippen LogP contribution in [0.3, 0.4) is 0 Å². The summed E-state index contributed by atoms with van der Waals surface area (Å²) in [6.45, 7) is 0.783. The van der Waals surface area contributed by atoms with Crippen LogP contribution in [0, 0.1) is 11.3 Å². The molecule has 0 saturated carbocycles. The van der Waals surface area contributed by atoms with Gasteiger partial charge in [0, 0.05) is 10.9 Å². The van der Waals surface area contributed by atoms with E-state index in [-0.39, 0.29) is 0 Å². The van der Waals surface area contributed by atoms with Crippen molar-refractivity contribution in [2.24, 2.45) is 0 Å². The fourth-order valence-corrected chi connectivity index (χ4v) is 2.45. The number of imidazole rings is 1. The Bertz CT molecular complexity index is 821. The molecule has 1 aliphatic rings. The molecular formula is C15H11N3O2. The zero-order chi connectivity index (χ0) is 13.6. The second-order valence-electron chi connectivity index (χ2n) is 4.98. The molecule has 1 saturated heterocycles. The molecule has 0 unspecified atom stereocenters. The predicted molar refractivity (Wildman–Crippen MR) is 71.9 cm³/mol. The van der Waals surface area contributed by atoms with Crippen molar-refractivity contribution in [1.82, 2.24) is 9.97 Å². The van der Waals surface area contributed by atoms with Crippen LogP contribution in [0.4, 0.5) is 0 Å². The van der Waals surface area contributed by atoms with E-state index in [4.69, 9.17) is 9.15 Å². The van der Waals surface area contributed by atoms with Gasteiger partial charge in [-0.25, -0.2) is 4.98 Å². The summed E-state index contributed by atoms with van der Waals surface area (Å²) < 4.78 is 10.7. The standard InChI is InChI=1S/C15H11N3O2/c16-7-15(8-19-9-15)14-17-5-12(18-14)11-6-20-13-4-2-1-3-10(11)13/h1-6H,8-9H2,(H,17,18). The largest absolute Gasteiger partial charge is 0.464 e. The third kappa shape index (κ3) is 1.43. The van der Waals surface area contributed by atoms with E-state index in [0.717, 1.165) is 22.2 Å². The highest BCUT2D eigenvalue weighted by Crippen LogP contribution is 2.33. The van der Waals surface area contributed by atoms with Crippen molar-refractivity contribution in [3.05, 3.63) is 42.5 Å². The van der Waals surface area contributed by atoms with Gasteiger partial charge in [-0.2, -0.15) is 5.26 Å².